The Morgan fingerprint density at radius 3 is 2.69 bits per heavy atom. The van der Waals surface area contributed by atoms with Crippen molar-refractivity contribution in [3.05, 3.63) is 52.5 Å². The number of hydrogen-bond acceptors (Lipinski definition) is 7. The SMILES string of the molecule is Cc1cc(Cl)cc2sc(N(CCN3CCOCC3)C(=O)c3ccccc3S(C)(=O)=O)nc12. The number of carbonyl (C=O) groups is 1. The topological polar surface area (TPSA) is 79.8 Å². The summed E-state index contributed by atoms with van der Waals surface area (Å²) in [4.78, 5) is 22.2. The summed E-state index contributed by atoms with van der Waals surface area (Å²) >= 11 is 7.59. The molecule has 1 saturated heterocycles. The van der Waals surface area contributed by atoms with E-state index in [1.807, 2.05) is 19.1 Å². The maximum Gasteiger partial charge on any atom is 0.261 e. The maximum absolute atomic E-state index is 13.7. The summed E-state index contributed by atoms with van der Waals surface area (Å²) in [6.45, 7) is 5.83. The first kappa shape index (κ1) is 23.1. The van der Waals surface area contributed by atoms with Crippen LogP contribution < -0.4 is 4.90 Å². The number of hydrogen-bond donors (Lipinski definition) is 0. The summed E-state index contributed by atoms with van der Waals surface area (Å²) in [6.07, 6.45) is 1.11. The minimum atomic E-state index is -3.58. The molecule has 0 saturated carbocycles. The first-order chi connectivity index (χ1) is 15.2. The third kappa shape index (κ3) is 4.97. The van der Waals surface area contributed by atoms with Gasteiger partial charge < -0.3 is 4.74 Å². The number of rotatable bonds is 6. The first-order valence-electron chi connectivity index (χ1n) is 10.2. The number of aromatic nitrogens is 1. The maximum atomic E-state index is 13.7. The number of thiazole rings is 1. The highest BCUT2D eigenvalue weighted by atomic mass is 35.5. The Morgan fingerprint density at radius 2 is 1.97 bits per heavy atom. The normalized spacial score (nSPS) is 15.2. The highest BCUT2D eigenvalue weighted by molar-refractivity contribution is 7.90. The lowest BCUT2D eigenvalue weighted by Gasteiger charge is -2.29. The van der Waals surface area contributed by atoms with Gasteiger partial charge in [0.25, 0.3) is 5.91 Å². The van der Waals surface area contributed by atoms with Gasteiger partial charge in [0.15, 0.2) is 15.0 Å². The molecule has 0 atom stereocenters. The molecule has 4 rings (SSSR count). The predicted octanol–water partition coefficient (Wildman–Crippen LogP) is 3.64. The van der Waals surface area contributed by atoms with Crippen LogP contribution in [0, 0.1) is 6.92 Å². The molecule has 3 aromatic rings. The van der Waals surface area contributed by atoms with E-state index in [1.165, 1.54) is 17.4 Å². The lowest BCUT2D eigenvalue weighted by atomic mass is 10.2. The molecule has 0 spiro atoms. The fourth-order valence-electron chi connectivity index (χ4n) is 3.72. The lowest BCUT2D eigenvalue weighted by Crippen LogP contribution is -2.43. The van der Waals surface area contributed by atoms with Gasteiger partial charge in [0, 0.05) is 37.5 Å². The first-order valence-corrected chi connectivity index (χ1v) is 13.3. The minimum absolute atomic E-state index is 0.0155. The van der Waals surface area contributed by atoms with E-state index in [0.717, 1.165) is 35.1 Å². The van der Waals surface area contributed by atoms with Gasteiger partial charge in [-0.3, -0.25) is 14.6 Å². The van der Waals surface area contributed by atoms with Crippen LogP contribution >= 0.6 is 22.9 Å². The molecule has 32 heavy (non-hydrogen) atoms. The number of fused-ring (bicyclic) bond motifs is 1. The second-order valence-corrected chi connectivity index (χ2v) is 11.2. The summed E-state index contributed by atoms with van der Waals surface area (Å²) in [5.74, 6) is -0.387. The number of aryl methyl sites for hydroxylation is 1. The summed E-state index contributed by atoms with van der Waals surface area (Å²) < 4.78 is 30.9. The van der Waals surface area contributed by atoms with Crippen molar-refractivity contribution in [2.75, 3.05) is 50.5 Å². The number of anilines is 1. The molecule has 10 heteroatoms. The third-order valence-corrected chi connectivity index (χ3v) is 7.77. The minimum Gasteiger partial charge on any atom is -0.379 e. The average Bonchev–Trinajstić information content (AvgIpc) is 3.18. The van der Waals surface area contributed by atoms with Gasteiger partial charge in [0.2, 0.25) is 0 Å². The second kappa shape index (κ2) is 9.44. The standard InChI is InChI=1S/C22H24ClN3O4S2/c1-15-13-16(23)14-18-20(15)24-22(31-18)26(8-7-25-9-11-30-12-10-25)21(27)17-5-3-4-6-19(17)32(2,28)29/h3-6,13-14H,7-12H2,1-2H3. The zero-order valence-corrected chi connectivity index (χ0v) is 20.3. The Balaban J connectivity index is 1.74. The number of morpholine rings is 1. The molecular weight excluding hydrogens is 470 g/mol. The molecule has 2 aromatic carbocycles. The van der Waals surface area contributed by atoms with E-state index in [4.69, 9.17) is 21.3 Å². The summed E-state index contributed by atoms with van der Waals surface area (Å²) in [6, 6.07) is 9.98. The van der Waals surface area contributed by atoms with Crippen molar-refractivity contribution in [3.63, 3.8) is 0 Å². The van der Waals surface area contributed by atoms with Gasteiger partial charge in [0.05, 0.1) is 33.9 Å². The Bertz CT molecular complexity index is 1250. The number of carbonyl (C=O) groups excluding carboxylic acids is 1. The Labute approximate surface area is 196 Å². The van der Waals surface area contributed by atoms with Gasteiger partial charge in [-0.25, -0.2) is 13.4 Å². The van der Waals surface area contributed by atoms with Crippen molar-refractivity contribution in [2.45, 2.75) is 11.8 Å². The van der Waals surface area contributed by atoms with Gasteiger partial charge in [-0.15, -0.1) is 0 Å². The third-order valence-electron chi connectivity index (χ3n) is 5.38. The number of nitrogens with zero attached hydrogens (tertiary/aromatic N) is 3. The molecule has 170 valence electrons. The van der Waals surface area contributed by atoms with Crippen LogP contribution in [0.15, 0.2) is 41.3 Å². The molecule has 1 amide bonds. The quantitative estimate of drug-likeness (QED) is 0.521. The van der Waals surface area contributed by atoms with Crippen LogP contribution in [0.3, 0.4) is 0 Å². The Kier molecular flexibility index (Phi) is 6.83. The molecule has 2 heterocycles. The average molecular weight is 494 g/mol. The number of amides is 1. The summed E-state index contributed by atoms with van der Waals surface area (Å²) in [5.41, 5.74) is 1.85. The van der Waals surface area contributed by atoms with Crippen molar-refractivity contribution < 1.29 is 17.9 Å². The molecule has 0 N–H and O–H groups in total. The van der Waals surface area contributed by atoms with E-state index in [9.17, 15) is 13.2 Å². The van der Waals surface area contributed by atoms with Crippen LogP contribution in [0.4, 0.5) is 5.13 Å². The fraction of sp³-hybridized carbons (Fsp3) is 0.364. The molecule has 7 nitrogen and oxygen atoms in total. The number of halogens is 1. The van der Waals surface area contributed by atoms with Crippen LogP contribution in [0.1, 0.15) is 15.9 Å². The zero-order chi connectivity index (χ0) is 22.9. The van der Waals surface area contributed by atoms with Gasteiger partial charge in [0.1, 0.15) is 0 Å². The highest BCUT2D eigenvalue weighted by Gasteiger charge is 2.27. The predicted molar refractivity (Wildman–Crippen MR) is 128 cm³/mol. The van der Waals surface area contributed by atoms with E-state index < -0.39 is 9.84 Å². The lowest BCUT2D eigenvalue weighted by molar-refractivity contribution is 0.0391. The summed E-state index contributed by atoms with van der Waals surface area (Å²) in [5, 5.41) is 1.13. The molecule has 0 unspecified atom stereocenters. The zero-order valence-electron chi connectivity index (χ0n) is 17.9. The van der Waals surface area contributed by atoms with E-state index in [0.29, 0.717) is 36.5 Å². The molecular formula is C22H24ClN3O4S2. The Hall–Kier alpha value is -2.04. The monoisotopic (exact) mass is 493 g/mol. The van der Waals surface area contributed by atoms with Gasteiger partial charge >= 0.3 is 0 Å². The molecule has 0 aliphatic carbocycles. The molecule has 1 aliphatic heterocycles. The van der Waals surface area contributed by atoms with Crippen molar-refractivity contribution in [3.8, 4) is 0 Å². The van der Waals surface area contributed by atoms with E-state index in [-0.39, 0.29) is 16.4 Å². The van der Waals surface area contributed by atoms with Crippen LogP contribution in [0.5, 0.6) is 0 Å². The summed E-state index contributed by atoms with van der Waals surface area (Å²) in [7, 11) is -3.58. The second-order valence-electron chi connectivity index (χ2n) is 7.74. The molecule has 0 bridgehead atoms. The number of ether oxygens (including phenoxy) is 1. The van der Waals surface area contributed by atoms with Crippen molar-refractivity contribution in [2.24, 2.45) is 0 Å². The molecule has 1 aromatic heterocycles. The molecule has 1 fully saturated rings. The van der Waals surface area contributed by atoms with Crippen LogP contribution in [0.25, 0.3) is 10.2 Å². The van der Waals surface area contributed by atoms with Gasteiger partial charge in [-0.1, -0.05) is 35.1 Å². The van der Waals surface area contributed by atoms with Gasteiger partial charge in [-0.05, 0) is 36.8 Å². The number of benzene rings is 2. The molecule has 0 radical (unpaired) electrons. The fourth-order valence-corrected chi connectivity index (χ4v) is 6.05. The van der Waals surface area contributed by atoms with Crippen LogP contribution in [-0.2, 0) is 14.6 Å². The van der Waals surface area contributed by atoms with E-state index in [2.05, 4.69) is 4.90 Å². The van der Waals surface area contributed by atoms with Gasteiger partial charge in [-0.2, -0.15) is 0 Å². The van der Waals surface area contributed by atoms with E-state index >= 15 is 0 Å². The number of sulfone groups is 1. The Morgan fingerprint density at radius 1 is 1.25 bits per heavy atom. The smallest absolute Gasteiger partial charge is 0.261 e. The van der Waals surface area contributed by atoms with Crippen molar-refractivity contribution in [1.82, 2.24) is 9.88 Å². The molecule has 1 aliphatic rings. The van der Waals surface area contributed by atoms with Crippen molar-refractivity contribution >= 4 is 54.0 Å². The van der Waals surface area contributed by atoms with Crippen LogP contribution in [0.2, 0.25) is 5.02 Å². The highest BCUT2D eigenvalue weighted by Crippen LogP contribution is 2.34. The van der Waals surface area contributed by atoms with Crippen molar-refractivity contribution in [1.29, 1.82) is 0 Å². The van der Waals surface area contributed by atoms with E-state index in [1.54, 1.807) is 23.1 Å². The van der Waals surface area contributed by atoms with Crippen LogP contribution in [-0.4, -0.2) is 69.9 Å². The largest absolute Gasteiger partial charge is 0.379 e.